The monoisotopic (exact) mass is 243 g/mol. The van der Waals surface area contributed by atoms with Crippen LogP contribution >= 0.6 is 0 Å². The summed E-state index contributed by atoms with van der Waals surface area (Å²) in [6, 6.07) is -0.658. The van der Waals surface area contributed by atoms with Gasteiger partial charge in [-0.2, -0.15) is 0 Å². The smallest absolute Gasteiger partial charge is 0.243 e. The van der Waals surface area contributed by atoms with E-state index in [1.54, 1.807) is 13.8 Å². The molecule has 0 spiro atoms. The van der Waals surface area contributed by atoms with Crippen molar-refractivity contribution in [2.24, 2.45) is 5.73 Å². The number of nitrogens with one attached hydrogen (secondary N) is 1. The highest BCUT2D eigenvalue weighted by Crippen LogP contribution is 2.14. The summed E-state index contributed by atoms with van der Waals surface area (Å²) in [5.74, 6) is -0.642. The third kappa shape index (κ3) is 3.17. The first-order valence-corrected chi connectivity index (χ1v) is 5.83. The SMILES string of the molecule is CCNC(C)(C)C(=O)N1CCOCC1C(N)=O. The summed E-state index contributed by atoms with van der Waals surface area (Å²) in [6.45, 7) is 7.24. The number of ether oxygens (including phenoxy) is 1. The van der Waals surface area contributed by atoms with E-state index in [0.717, 1.165) is 0 Å². The first kappa shape index (κ1) is 13.9. The second-order valence-electron chi connectivity index (χ2n) is 4.65. The number of amides is 2. The molecule has 1 atom stereocenters. The number of rotatable bonds is 4. The molecule has 1 saturated heterocycles. The molecule has 1 heterocycles. The maximum absolute atomic E-state index is 12.3. The Balaban J connectivity index is 2.81. The molecule has 3 N–H and O–H groups in total. The summed E-state index contributed by atoms with van der Waals surface area (Å²) in [5.41, 5.74) is 4.58. The average Bonchev–Trinajstić information content (AvgIpc) is 2.28. The van der Waals surface area contributed by atoms with Gasteiger partial charge >= 0.3 is 0 Å². The first-order chi connectivity index (χ1) is 7.90. The van der Waals surface area contributed by atoms with E-state index in [9.17, 15) is 9.59 Å². The van der Waals surface area contributed by atoms with Crippen molar-refractivity contribution in [2.75, 3.05) is 26.3 Å². The van der Waals surface area contributed by atoms with Gasteiger partial charge in [0.25, 0.3) is 0 Å². The molecule has 0 radical (unpaired) electrons. The zero-order valence-electron chi connectivity index (χ0n) is 10.7. The number of hydrogen-bond donors (Lipinski definition) is 2. The van der Waals surface area contributed by atoms with E-state index >= 15 is 0 Å². The van der Waals surface area contributed by atoms with E-state index < -0.39 is 17.5 Å². The van der Waals surface area contributed by atoms with Crippen LogP contribution in [-0.2, 0) is 14.3 Å². The second kappa shape index (κ2) is 5.46. The fourth-order valence-electron chi connectivity index (χ4n) is 1.96. The molecule has 1 fully saturated rings. The molecule has 98 valence electrons. The summed E-state index contributed by atoms with van der Waals surface area (Å²) in [4.78, 5) is 25.1. The fourth-order valence-corrected chi connectivity index (χ4v) is 1.96. The van der Waals surface area contributed by atoms with Crippen molar-refractivity contribution in [1.29, 1.82) is 0 Å². The van der Waals surface area contributed by atoms with Gasteiger partial charge in [0.2, 0.25) is 11.8 Å². The lowest BCUT2D eigenvalue weighted by Crippen LogP contribution is -2.62. The number of likely N-dealkylation sites (N-methyl/N-ethyl adjacent to an activating group) is 1. The van der Waals surface area contributed by atoms with Gasteiger partial charge in [0.1, 0.15) is 6.04 Å². The molecule has 17 heavy (non-hydrogen) atoms. The summed E-state index contributed by atoms with van der Waals surface area (Å²) in [6.07, 6.45) is 0. The van der Waals surface area contributed by atoms with Crippen molar-refractivity contribution in [1.82, 2.24) is 10.2 Å². The summed E-state index contributed by atoms with van der Waals surface area (Å²) in [5, 5.41) is 3.09. The average molecular weight is 243 g/mol. The molecule has 0 bridgehead atoms. The Morgan fingerprint density at radius 3 is 2.71 bits per heavy atom. The first-order valence-electron chi connectivity index (χ1n) is 5.83. The molecule has 1 unspecified atom stereocenters. The lowest BCUT2D eigenvalue weighted by atomic mass is 10.0. The van der Waals surface area contributed by atoms with Crippen LogP contribution in [0.25, 0.3) is 0 Å². The largest absolute Gasteiger partial charge is 0.377 e. The number of hydrogen-bond acceptors (Lipinski definition) is 4. The van der Waals surface area contributed by atoms with Gasteiger partial charge in [0.05, 0.1) is 18.8 Å². The molecule has 2 amide bonds. The molecule has 0 aliphatic carbocycles. The highest BCUT2D eigenvalue weighted by molar-refractivity contribution is 5.91. The van der Waals surface area contributed by atoms with E-state index in [1.165, 1.54) is 4.90 Å². The third-order valence-electron chi connectivity index (χ3n) is 2.87. The lowest BCUT2D eigenvalue weighted by molar-refractivity contribution is -0.151. The molecule has 0 aromatic carbocycles. The van der Waals surface area contributed by atoms with Crippen molar-refractivity contribution < 1.29 is 14.3 Å². The molecule has 6 heteroatoms. The minimum Gasteiger partial charge on any atom is -0.377 e. The molecular formula is C11H21N3O3. The van der Waals surface area contributed by atoms with E-state index in [4.69, 9.17) is 10.5 Å². The van der Waals surface area contributed by atoms with Gasteiger partial charge in [-0.1, -0.05) is 6.92 Å². The van der Waals surface area contributed by atoms with Crippen LogP contribution in [0.2, 0.25) is 0 Å². The summed E-state index contributed by atoms with van der Waals surface area (Å²) < 4.78 is 5.18. The number of nitrogens with two attached hydrogens (primary N) is 1. The number of carbonyl (C=O) groups excluding carboxylic acids is 2. The minimum absolute atomic E-state index is 0.119. The highest BCUT2D eigenvalue weighted by Gasteiger charge is 2.38. The highest BCUT2D eigenvalue weighted by atomic mass is 16.5. The normalized spacial score (nSPS) is 21.4. The molecule has 1 rings (SSSR count). The molecule has 6 nitrogen and oxygen atoms in total. The predicted octanol–water partition coefficient (Wildman–Crippen LogP) is -0.913. The Hall–Kier alpha value is -1.14. The molecule has 0 saturated carbocycles. The van der Waals surface area contributed by atoms with Gasteiger partial charge in [0, 0.05) is 6.54 Å². The topological polar surface area (TPSA) is 84.7 Å². The van der Waals surface area contributed by atoms with Crippen LogP contribution in [-0.4, -0.2) is 54.6 Å². The standard InChI is InChI=1S/C11H21N3O3/c1-4-13-11(2,3)10(16)14-5-6-17-7-8(14)9(12)15/h8,13H,4-7H2,1-3H3,(H2,12,15). The van der Waals surface area contributed by atoms with Crippen LogP contribution < -0.4 is 11.1 Å². The number of nitrogens with zero attached hydrogens (tertiary/aromatic N) is 1. The fraction of sp³-hybridized carbons (Fsp3) is 0.818. The van der Waals surface area contributed by atoms with E-state index in [0.29, 0.717) is 19.7 Å². The quantitative estimate of drug-likeness (QED) is 0.669. The second-order valence-corrected chi connectivity index (χ2v) is 4.65. The zero-order chi connectivity index (χ0) is 13.1. The van der Waals surface area contributed by atoms with Gasteiger partial charge in [-0.25, -0.2) is 0 Å². The predicted molar refractivity (Wildman–Crippen MR) is 63.3 cm³/mol. The van der Waals surface area contributed by atoms with Crippen molar-refractivity contribution >= 4 is 11.8 Å². The van der Waals surface area contributed by atoms with Crippen molar-refractivity contribution in [3.05, 3.63) is 0 Å². The van der Waals surface area contributed by atoms with Crippen LogP contribution in [0.1, 0.15) is 20.8 Å². The van der Waals surface area contributed by atoms with Crippen LogP contribution in [0.3, 0.4) is 0 Å². The lowest BCUT2D eigenvalue weighted by Gasteiger charge is -2.38. The third-order valence-corrected chi connectivity index (χ3v) is 2.87. The van der Waals surface area contributed by atoms with Crippen LogP contribution in [0.4, 0.5) is 0 Å². The van der Waals surface area contributed by atoms with E-state index in [2.05, 4.69) is 5.32 Å². The number of carbonyl (C=O) groups is 2. The molecular weight excluding hydrogens is 222 g/mol. The van der Waals surface area contributed by atoms with Gasteiger partial charge in [0.15, 0.2) is 0 Å². The van der Waals surface area contributed by atoms with Gasteiger partial charge in [-0.05, 0) is 20.4 Å². The Morgan fingerprint density at radius 1 is 1.53 bits per heavy atom. The summed E-state index contributed by atoms with van der Waals surface area (Å²) in [7, 11) is 0. The maximum atomic E-state index is 12.3. The Morgan fingerprint density at radius 2 is 2.18 bits per heavy atom. The molecule has 0 aromatic rings. The zero-order valence-corrected chi connectivity index (χ0v) is 10.7. The Bertz CT molecular complexity index is 304. The van der Waals surface area contributed by atoms with Crippen LogP contribution in [0, 0.1) is 0 Å². The maximum Gasteiger partial charge on any atom is 0.243 e. The summed E-state index contributed by atoms with van der Waals surface area (Å²) >= 11 is 0. The van der Waals surface area contributed by atoms with Gasteiger partial charge in [-0.15, -0.1) is 0 Å². The van der Waals surface area contributed by atoms with E-state index in [-0.39, 0.29) is 12.5 Å². The van der Waals surface area contributed by atoms with Gasteiger partial charge in [-0.3, -0.25) is 9.59 Å². The molecule has 0 aromatic heterocycles. The minimum atomic E-state index is -0.695. The van der Waals surface area contributed by atoms with Crippen LogP contribution in [0.15, 0.2) is 0 Å². The van der Waals surface area contributed by atoms with Crippen LogP contribution in [0.5, 0.6) is 0 Å². The van der Waals surface area contributed by atoms with Crippen molar-refractivity contribution in [2.45, 2.75) is 32.4 Å². The number of primary amides is 1. The van der Waals surface area contributed by atoms with Crippen molar-refractivity contribution in [3.8, 4) is 0 Å². The Kier molecular flexibility index (Phi) is 4.47. The van der Waals surface area contributed by atoms with E-state index in [1.807, 2.05) is 6.92 Å². The van der Waals surface area contributed by atoms with Crippen molar-refractivity contribution in [3.63, 3.8) is 0 Å². The Labute approximate surface area is 101 Å². The molecule has 1 aliphatic heterocycles. The molecule has 1 aliphatic rings. The number of morpholine rings is 1. The van der Waals surface area contributed by atoms with Gasteiger partial charge < -0.3 is 20.7 Å².